The standard InChI is InChI=1S/C11H4F5NO2S5/c12-20-6-5(17-11(18)4-1-2-19-3-4)7(21-13)9(23-15)10(24-16)8(6)22-14/h1-3H,(H,17,18). The second kappa shape index (κ2) is 9.17. The van der Waals surface area contributed by atoms with Crippen LogP contribution in [0.3, 0.4) is 0 Å². The van der Waals surface area contributed by atoms with Gasteiger partial charge in [0.25, 0.3) is 5.91 Å². The summed E-state index contributed by atoms with van der Waals surface area (Å²) in [5.41, 5.74) is -0.480. The van der Waals surface area contributed by atoms with E-state index < -0.39 is 96.8 Å². The largest absolute Gasteiger partial charge is 0.472 e. The molecule has 0 atom stereocenters. The van der Waals surface area contributed by atoms with Crippen LogP contribution >= 0.6 is 60.7 Å². The summed E-state index contributed by atoms with van der Waals surface area (Å²) < 4.78 is 70.7. The maximum Gasteiger partial charge on any atom is 0.258 e. The zero-order chi connectivity index (χ0) is 17.7. The summed E-state index contributed by atoms with van der Waals surface area (Å²) in [5, 5.41) is 2.17. The van der Waals surface area contributed by atoms with Gasteiger partial charge in [-0.1, -0.05) is 0 Å². The number of hydrogen-bond donors (Lipinski definition) is 1. The summed E-state index contributed by atoms with van der Waals surface area (Å²) in [6.45, 7) is 0. The summed E-state index contributed by atoms with van der Waals surface area (Å²) in [5.74, 6) is -0.820. The van der Waals surface area contributed by atoms with Crippen LogP contribution in [0.2, 0.25) is 0 Å². The number of furan rings is 1. The van der Waals surface area contributed by atoms with Crippen LogP contribution in [0.4, 0.5) is 25.1 Å². The van der Waals surface area contributed by atoms with E-state index in [1.807, 2.05) is 0 Å². The van der Waals surface area contributed by atoms with E-state index in [2.05, 4.69) is 5.32 Å². The minimum atomic E-state index is -0.820. The molecule has 0 saturated heterocycles. The molecule has 0 radical (unpaired) electrons. The maximum absolute atomic E-state index is 13.3. The molecular weight excluding hydrogens is 433 g/mol. The SMILES string of the molecule is O=C(Nc1c(SF)c(SF)c(SF)c(SF)c1SF)c1ccoc1. The Labute approximate surface area is 154 Å². The van der Waals surface area contributed by atoms with E-state index in [1.165, 1.54) is 12.3 Å². The topological polar surface area (TPSA) is 42.2 Å². The highest BCUT2D eigenvalue weighted by atomic mass is 32.2. The molecule has 0 fully saturated rings. The summed E-state index contributed by atoms with van der Waals surface area (Å²) >= 11 is -2.70. The van der Waals surface area contributed by atoms with Gasteiger partial charge in [0.15, 0.2) is 0 Å². The van der Waals surface area contributed by atoms with Gasteiger partial charge in [-0.15, -0.1) is 0 Å². The average molecular weight is 437 g/mol. The summed E-state index contributed by atoms with van der Waals surface area (Å²) in [6, 6.07) is 1.28. The molecule has 0 aliphatic heterocycles. The van der Waals surface area contributed by atoms with Crippen molar-refractivity contribution in [2.45, 2.75) is 24.5 Å². The molecule has 24 heavy (non-hydrogen) atoms. The van der Waals surface area contributed by atoms with Gasteiger partial charge in [-0.05, 0) is 6.07 Å². The fourth-order valence-electron chi connectivity index (χ4n) is 1.69. The average Bonchev–Trinajstić information content (AvgIpc) is 3.14. The van der Waals surface area contributed by atoms with E-state index in [0.29, 0.717) is 0 Å². The first-order valence-electron chi connectivity index (χ1n) is 5.63. The Hall–Kier alpha value is -0.630. The Kier molecular flexibility index (Phi) is 7.53. The number of halogens is 5. The highest BCUT2D eigenvalue weighted by Crippen LogP contribution is 2.54. The molecule has 0 unspecified atom stereocenters. The number of anilines is 1. The summed E-state index contributed by atoms with van der Waals surface area (Å²) in [6.07, 6.45) is 2.26. The van der Waals surface area contributed by atoms with Crippen molar-refractivity contribution in [2.24, 2.45) is 0 Å². The molecule has 1 N–H and O–H groups in total. The van der Waals surface area contributed by atoms with Crippen molar-refractivity contribution in [2.75, 3.05) is 5.32 Å². The molecule has 13 heteroatoms. The van der Waals surface area contributed by atoms with E-state index in [-0.39, 0.29) is 5.56 Å². The van der Waals surface area contributed by atoms with E-state index in [1.54, 1.807) is 0 Å². The number of amides is 1. The number of hydrogen-bond acceptors (Lipinski definition) is 7. The highest BCUT2D eigenvalue weighted by molar-refractivity contribution is 8.00. The first kappa shape index (κ1) is 19.7. The Morgan fingerprint density at radius 1 is 0.833 bits per heavy atom. The fraction of sp³-hybridized carbons (Fsp3) is 0. The summed E-state index contributed by atoms with van der Waals surface area (Å²) in [4.78, 5) is 9.09. The number of benzene rings is 1. The number of carbonyl (C=O) groups is 1. The van der Waals surface area contributed by atoms with Gasteiger partial charge >= 0.3 is 0 Å². The van der Waals surface area contributed by atoms with Crippen LogP contribution in [0.5, 0.6) is 0 Å². The molecule has 130 valence electrons. The van der Waals surface area contributed by atoms with Gasteiger partial charge in [0.05, 0.1) is 103 Å². The Morgan fingerprint density at radius 2 is 1.29 bits per heavy atom. The molecule has 1 heterocycles. The second-order valence-corrected chi connectivity index (χ2v) is 6.69. The first-order chi connectivity index (χ1) is 11.6. The second-order valence-electron chi connectivity index (χ2n) is 3.87. The Morgan fingerprint density at radius 3 is 1.67 bits per heavy atom. The zero-order valence-electron chi connectivity index (χ0n) is 11.0. The van der Waals surface area contributed by atoms with Crippen molar-refractivity contribution < 1.29 is 28.6 Å². The van der Waals surface area contributed by atoms with Gasteiger partial charge in [0.1, 0.15) is 6.26 Å². The van der Waals surface area contributed by atoms with Gasteiger partial charge in [0, 0.05) is 0 Å². The molecule has 0 aliphatic carbocycles. The lowest BCUT2D eigenvalue weighted by Gasteiger charge is -2.17. The van der Waals surface area contributed by atoms with E-state index >= 15 is 0 Å². The first-order valence-corrected chi connectivity index (χ1v) is 9.21. The van der Waals surface area contributed by atoms with Crippen LogP contribution in [-0.2, 0) is 0 Å². The normalized spacial score (nSPS) is 10.9. The third-order valence-corrected chi connectivity index (χ3v) is 6.02. The predicted molar refractivity (Wildman–Crippen MR) is 87.9 cm³/mol. The highest BCUT2D eigenvalue weighted by Gasteiger charge is 2.29. The van der Waals surface area contributed by atoms with E-state index in [9.17, 15) is 24.2 Å². The Bertz CT molecular complexity index is 697. The molecule has 2 aromatic rings. The third kappa shape index (κ3) is 3.79. The summed E-state index contributed by atoms with van der Waals surface area (Å²) in [7, 11) is 0. The lowest BCUT2D eigenvalue weighted by atomic mass is 10.2. The lowest BCUT2D eigenvalue weighted by Crippen LogP contribution is -2.13. The van der Waals surface area contributed by atoms with Crippen molar-refractivity contribution in [3.8, 4) is 0 Å². The zero-order valence-corrected chi connectivity index (χ0v) is 15.1. The van der Waals surface area contributed by atoms with E-state index in [0.717, 1.165) is 6.26 Å². The van der Waals surface area contributed by atoms with Crippen LogP contribution in [0.1, 0.15) is 10.4 Å². The van der Waals surface area contributed by atoms with Gasteiger partial charge in [-0.25, -0.2) is 0 Å². The van der Waals surface area contributed by atoms with Crippen LogP contribution in [0.15, 0.2) is 47.5 Å². The maximum atomic E-state index is 13.3. The van der Waals surface area contributed by atoms with Crippen molar-refractivity contribution >= 4 is 72.3 Å². The van der Waals surface area contributed by atoms with Crippen LogP contribution in [0, 0.1) is 0 Å². The molecule has 0 aliphatic rings. The third-order valence-electron chi connectivity index (χ3n) is 2.69. The molecule has 1 amide bonds. The molecular formula is C11H4F5NO2S5. The van der Waals surface area contributed by atoms with Gasteiger partial charge in [-0.3, -0.25) is 4.79 Å². The van der Waals surface area contributed by atoms with Crippen molar-refractivity contribution in [3.05, 3.63) is 24.2 Å². The molecule has 2 rings (SSSR count). The quantitative estimate of drug-likeness (QED) is 0.452. The van der Waals surface area contributed by atoms with Crippen LogP contribution in [-0.4, -0.2) is 5.91 Å². The van der Waals surface area contributed by atoms with Crippen molar-refractivity contribution in [1.82, 2.24) is 0 Å². The van der Waals surface area contributed by atoms with Crippen LogP contribution < -0.4 is 5.32 Å². The lowest BCUT2D eigenvalue weighted by molar-refractivity contribution is 0.102. The molecule has 3 nitrogen and oxygen atoms in total. The molecule has 1 aromatic carbocycles. The van der Waals surface area contributed by atoms with Gasteiger partial charge in [0.2, 0.25) is 0 Å². The molecule has 0 saturated carbocycles. The van der Waals surface area contributed by atoms with E-state index in [4.69, 9.17) is 4.42 Å². The molecule has 0 spiro atoms. The predicted octanol–water partition coefficient (Wildman–Crippen LogP) is 7.41. The molecule has 1 aromatic heterocycles. The van der Waals surface area contributed by atoms with Gasteiger partial charge in [-0.2, -0.15) is 19.4 Å². The molecule has 0 bridgehead atoms. The minimum Gasteiger partial charge on any atom is -0.472 e. The van der Waals surface area contributed by atoms with Crippen molar-refractivity contribution in [3.63, 3.8) is 0 Å². The number of nitrogens with one attached hydrogen (secondary N) is 1. The monoisotopic (exact) mass is 437 g/mol. The smallest absolute Gasteiger partial charge is 0.258 e. The van der Waals surface area contributed by atoms with Crippen LogP contribution in [0.25, 0.3) is 0 Å². The van der Waals surface area contributed by atoms with Gasteiger partial charge < -0.3 is 9.73 Å². The number of carbonyl (C=O) groups excluding carboxylic acids is 1. The minimum absolute atomic E-state index is 0.0208. The fourth-order valence-corrected chi connectivity index (χ4v) is 4.54. The van der Waals surface area contributed by atoms with Crippen molar-refractivity contribution in [1.29, 1.82) is 0 Å². The number of rotatable bonds is 7. The Balaban J connectivity index is 2.65.